The summed E-state index contributed by atoms with van der Waals surface area (Å²) in [6.07, 6.45) is 6.39. The van der Waals surface area contributed by atoms with Gasteiger partial charge >= 0.3 is 5.97 Å². The Kier molecular flexibility index (Phi) is 7.13. The molecule has 0 saturated carbocycles. The van der Waals surface area contributed by atoms with E-state index in [1.807, 2.05) is 37.4 Å². The number of thioether (sulfide) groups is 1. The Morgan fingerprint density at radius 1 is 1.36 bits per heavy atom. The van der Waals surface area contributed by atoms with Crippen molar-refractivity contribution in [3.63, 3.8) is 0 Å². The summed E-state index contributed by atoms with van der Waals surface area (Å²) in [5.74, 6) is 0.829. The molecule has 1 aromatic carbocycles. The van der Waals surface area contributed by atoms with Crippen molar-refractivity contribution in [1.82, 2.24) is 5.32 Å². The van der Waals surface area contributed by atoms with Gasteiger partial charge in [0.2, 0.25) is 5.91 Å². The maximum atomic E-state index is 12.2. The van der Waals surface area contributed by atoms with E-state index in [1.165, 1.54) is 13.2 Å². The maximum absolute atomic E-state index is 12.2. The molecule has 1 atom stereocenters. The molecule has 0 bridgehead atoms. The van der Waals surface area contributed by atoms with E-state index in [1.54, 1.807) is 17.8 Å². The summed E-state index contributed by atoms with van der Waals surface area (Å²) in [6.45, 7) is 2.00. The van der Waals surface area contributed by atoms with Crippen molar-refractivity contribution in [3.05, 3.63) is 41.7 Å². The molecule has 6 heteroatoms. The quantitative estimate of drug-likeness (QED) is 0.576. The highest BCUT2D eigenvalue weighted by Gasteiger charge is 2.20. The summed E-state index contributed by atoms with van der Waals surface area (Å²) in [5.41, 5.74) is 1.69. The van der Waals surface area contributed by atoms with Gasteiger partial charge in [0.1, 0.15) is 17.4 Å². The fourth-order valence-corrected chi connectivity index (χ4v) is 3.04. The van der Waals surface area contributed by atoms with Gasteiger partial charge in [0.25, 0.3) is 0 Å². The van der Waals surface area contributed by atoms with E-state index in [0.717, 1.165) is 34.5 Å². The number of carbonyl (C=O) groups excluding carboxylic acids is 2. The number of amides is 1. The van der Waals surface area contributed by atoms with Crippen molar-refractivity contribution in [2.45, 2.75) is 25.8 Å². The number of nitrogens with one attached hydrogen (secondary N) is 1. The SMILES string of the molecule is CCc1oc2ccccc2c1/C=C/C(=O)N[C@H](CCSC)C(=O)OC. The number of hydrogen-bond acceptors (Lipinski definition) is 5. The lowest BCUT2D eigenvalue weighted by atomic mass is 10.1. The zero-order valence-corrected chi connectivity index (χ0v) is 15.5. The van der Waals surface area contributed by atoms with Crippen molar-refractivity contribution >= 4 is 40.7 Å². The van der Waals surface area contributed by atoms with Gasteiger partial charge in [0.05, 0.1) is 7.11 Å². The van der Waals surface area contributed by atoms with Crippen LogP contribution in [0.25, 0.3) is 17.0 Å². The van der Waals surface area contributed by atoms with E-state index in [2.05, 4.69) is 5.32 Å². The minimum absolute atomic E-state index is 0.330. The molecule has 1 heterocycles. The molecule has 0 fully saturated rings. The summed E-state index contributed by atoms with van der Waals surface area (Å²) in [6, 6.07) is 7.08. The highest BCUT2D eigenvalue weighted by Crippen LogP contribution is 2.27. The fourth-order valence-electron chi connectivity index (χ4n) is 2.57. The Bertz CT molecular complexity index is 766. The van der Waals surface area contributed by atoms with Crippen LogP contribution in [-0.2, 0) is 20.7 Å². The Hall–Kier alpha value is -2.21. The topological polar surface area (TPSA) is 68.5 Å². The van der Waals surface area contributed by atoms with Crippen LogP contribution in [0.3, 0.4) is 0 Å². The van der Waals surface area contributed by atoms with Crippen LogP contribution in [0.1, 0.15) is 24.7 Å². The van der Waals surface area contributed by atoms with Crippen LogP contribution in [0, 0.1) is 0 Å². The minimum Gasteiger partial charge on any atom is -0.467 e. The first-order valence-electron chi connectivity index (χ1n) is 8.16. The van der Waals surface area contributed by atoms with Crippen LogP contribution in [0.5, 0.6) is 0 Å². The average molecular weight is 361 g/mol. The summed E-state index contributed by atoms with van der Waals surface area (Å²) >= 11 is 1.61. The van der Waals surface area contributed by atoms with Gasteiger partial charge in [-0.25, -0.2) is 4.79 Å². The first-order chi connectivity index (χ1) is 12.1. The van der Waals surface area contributed by atoms with Gasteiger partial charge in [-0.15, -0.1) is 0 Å². The van der Waals surface area contributed by atoms with Gasteiger partial charge in [-0.05, 0) is 30.6 Å². The second-order valence-electron chi connectivity index (χ2n) is 5.49. The van der Waals surface area contributed by atoms with E-state index in [4.69, 9.17) is 9.15 Å². The number of carbonyl (C=O) groups is 2. The summed E-state index contributed by atoms with van der Waals surface area (Å²) in [5, 5.41) is 3.67. The molecule has 25 heavy (non-hydrogen) atoms. The Morgan fingerprint density at radius 3 is 2.80 bits per heavy atom. The van der Waals surface area contributed by atoms with E-state index in [9.17, 15) is 9.59 Å². The van der Waals surface area contributed by atoms with Crippen molar-refractivity contribution in [2.75, 3.05) is 19.1 Å². The third-order valence-corrected chi connectivity index (χ3v) is 4.49. The molecule has 1 amide bonds. The monoisotopic (exact) mass is 361 g/mol. The molecule has 5 nitrogen and oxygen atoms in total. The molecule has 2 aromatic rings. The van der Waals surface area contributed by atoms with Gasteiger partial charge in [-0.2, -0.15) is 11.8 Å². The number of ether oxygens (including phenoxy) is 1. The standard InChI is InChI=1S/C19H23NO4S/c1-4-16-14(13-7-5-6-8-17(13)24-16)9-10-18(21)20-15(11-12-25-3)19(22)23-2/h5-10,15H,4,11-12H2,1-3H3,(H,20,21)/b10-9+/t15-/m1/s1. The number of para-hydroxylation sites is 1. The van der Waals surface area contributed by atoms with Crippen molar-refractivity contribution in [1.29, 1.82) is 0 Å². The highest BCUT2D eigenvalue weighted by molar-refractivity contribution is 7.98. The maximum Gasteiger partial charge on any atom is 0.328 e. The van der Waals surface area contributed by atoms with E-state index in [-0.39, 0.29) is 5.91 Å². The molecule has 0 aliphatic heterocycles. The minimum atomic E-state index is -0.638. The zero-order valence-electron chi connectivity index (χ0n) is 14.7. The van der Waals surface area contributed by atoms with Crippen LogP contribution < -0.4 is 5.32 Å². The third kappa shape index (κ3) is 4.89. The number of benzene rings is 1. The molecule has 0 unspecified atom stereocenters. The van der Waals surface area contributed by atoms with Crippen LogP contribution >= 0.6 is 11.8 Å². The summed E-state index contributed by atoms with van der Waals surface area (Å²) in [4.78, 5) is 24.0. The fraction of sp³-hybridized carbons (Fsp3) is 0.368. The summed E-state index contributed by atoms with van der Waals surface area (Å²) in [7, 11) is 1.32. The number of esters is 1. The van der Waals surface area contributed by atoms with Crippen molar-refractivity contribution < 1.29 is 18.7 Å². The summed E-state index contributed by atoms with van der Waals surface area (Å²) < 4.78 is 10.6. The second kappa shape index (κ2) is 9.32. The van der Waals surface area contributed by atoms with Crippen molar-refractivity contribution in [2.24, 2.45) is 0 Å². The molecule has 1 aromatic heterocycles. The van der Waals surface area contributed by atoms with Crippen LogP contribution in [-0.4, -0.2) is 37.0 Å². The first kappa shape index (κ1) is 19.1. The molecule has 2 rings (SSSR count). The largest absolute Gasteiger partial charge is 0.467 e. The molecule has 0 radical (unpaired) electrons. The third-order valence-electron chi connectivity index (χ3n) is 3.85. The lowest BCUT2D eigenvalue weighted by Crippen LogP contribution is -2.41. The normalized spacial score (nSPS) is 12.4. The molecule has 0 saturated heterocycles. The molecule has 134 valence electrons. The van der Waals surface area contributed by atoms with E-state index in [0.29, 0.717) is 6.42 Å². The number of fused-ring (bicyclic) bond motifs is 1. The molecular formula is C19H23NO4S. The predicted octanol–water partition coefficient (Wildman–Crippen LogP) is 3.42. The van der Waals surface area contributed by atoms with Crippen LogP contribution in [0.2, 0.25) is 0 Å². The van der Waals surface area contributed by atoms with Gasteiger partial charge in [0, 0.05) is 23.4 Å². The molecule has 1 N–H and O–H groups in total. The predicted molar refractivity (Wildman–Crippen MR) is 102 cm³/mol. The van der Waals surface area contributed by atoms with Gasteiger partial charge in [-0.3, -0.25) is 4.79 Å². The molecular weight excluding hydrogens is 338 g/mol. The Labute approximate surface area is 151 Å². The lowest BCUT2D eigenvalue weighted by Gasteiger charge is -2.14. The van der Waals surface area contributed by atoms with Gasteiger partial charge in [0.15, 0.2) is 0 Å². The van der Waals surface area contributed by atoms with Gasteiger partial charge in [-0.1, -0.05) is 25.1 Å². The lowest BCUT2D eigenvalue weighted by molar-refractivity contribution is -0.144. The number of hydrogen-bond donors (Lipinski definition) is 1. The van der Waals surface area contributed by atoms with Gasteiger partial charge < -0.3 is 14.5 Å². The second-order valence-corrected chi connectivity index (χ2v) is 6.47. The smallest absolute Gasteiger partial charge is 0.328 e. The van der Waals surface area contributed by atoms with Crippen LogP contribution in [0.4, 0.5) is 0 Å². The number of rotatable bonds is 8. The average Bonchev–Trinajstić information content (AvgIpc) is 3.00. The van der Waals surface area contributed by atoms with Crippen molar-refractivity contribution in [3.8, 4) is 0 Å². The number of furan rings is 1. The van der Waals surface area contributed by atoms with E-state index < -0.39 is 12.0 Å². The number of aryl methyl sites for hydroxylation is 1. The number of methoxy groups -OCH3 is 1. The van der Waals surface area contributed by atoms with Crippen LogP contribution in [0.15, 0.2) is 34.8 Å². The Morgan fingerprint density at radius 2 is 2.12 bits per heavy atom. The molecule has 0 aliphatic rings. The molecule has 0 spiro atoms. The van der Waals surface area contributed by atoms with E-state index >= 15 is 0 Å². The highest BCUT2D eigenvalue weighted by atomic mass is 32.2. The molecule has 0 aliphatic carbocycles. The first-order valence-corrected chi connectivity index (χ1v) is 9.55. The zero-order chi connectivity index (χ0) is 18.2. The Balaban J connectivity index is 2.15.